The third-order valence-corrected chi connectivity index (χ3v) is 5.00. The molecular weight excluding hydrogens is 330 g/mol. The average molecular weight is 351 g/mol. The van der Waals surface area contributed by atoms with Crippen molar-refractivity contribution in [2.24, 2.45) is 5.73 Å². The van der Waals surface area contributed by atoms with Crippen LogP contribution in [0.15, 0.2) is 42.6 Å². The molecule has 3 N–H and O–H groups in total. The maximum atomic E-state index is 11.2. The molecule has 7 nitrogen and oxygen atoms in total. The van der Waals surface area contributed by atoms with E-state index in [4.69, 9.17) is 5.73 Å². The highest BCUT2D eigenvalue weighted by molar-refractivity contribution is 5.91. The zero-order valence-electron chi connectivity index (χ0n) is 14.5. The summed E-state index contributed by atoms with van der Waals surface area (Å²) in [5.41, 5.74) is 9.08. The van der Waals surface area contributed by atoms with Gasteiger partial charge in [0.2, 0.25) is 5.95 Å². The van der Waals surface area contributed by atoms with Crippen molar-refractivity contribution in [3.8, 4) is 0 Å². The molecule has 1 aromatic carbocycles. The molecule has 0 bridgehead atoms. The van der Waals surface area contributed by atoms with Crippen LogP contribution in [0.4, 0.5) is 5.95 Å². The molecule has 2 atom stereocenters. The topological polar surface area (TPSA) is 97.3 Å². The van der Waals surface area contributed by atoms with Gasteiger partial charge in [-0.2, -0.15) is 0 Å². The summed E-state index contributed by atoms with van der Waals surface area (Å²) in [6.45, 7) is 4.21. The van der Waals surface area contributed by atoms with Crippen LogP contribution in [-0.2, 0) is 6.54 Å². The van der Waals surface area contributed by atoms with Crippen LogP contribution in [0, 0.1) is 0 Å². The first kappa shape index (κ1) is 16.5. The van der Waals surface area contributed by atoms with E-state index < -0.39 is 5.97 Å². The second kappa shape index (κ2) is 6.42. The highest BCUT2D eigenvalue weighted by Gasteiger charge is 2.33. The van der Waals surface area contributed by atoms with Crippen LogP contribution in [0.1, 0.15) is 28.8 Å². The van der Waals surface area contributed by atoms with E-state index in [1.807, 2.05) is 29.7 Å². The molecule has 4 rings (SSSR count). The van der Waals surface area contributed by atoms with Crippen LogP contribution in [0.25, 0.3) is 11.2 Å². The monoisotopic (exact) mass is 351 g/mol. The Labute approximate surface area is 151 Å². The SMILES string of the molecule is CCn1c(N2C[C@H](c3ccccc3)[C@@H](N)C2)nc2cc(C(=O)O)cnc21. The summed E-state index contributed by atoms with van der Waals surface area (Å²) in [7, 11) is 0. The molecule has 0 saturated carbocycles. The molecule has 1 saturated heterocycles. The summed E-state index contributed by atoms with van der Waals surface area (Å²) in [6.07, 6.45) is 1.38. The Bertz CT molecular complexity index is 953. The van der Waals surface area contributed by atoms with Crippen LogP contribution in [0.3, 0.4) is 0 Å². The lowest BCUT2D eigenvalue weighted by Gasteiger charge is -2.18. The lowest BCUT2D eigenvalue weighted by Crippen LogP contribution is -2.29. The van der Waals surface area contributed by atoms with Gasteiger partial charge in [-0.3, -0.25) is 4.57 Å². The first-order valence-corrected chi connectivity index (χ1v) is 8.73. The van der Waals surface area contributed by atoms with Crippen molar-refractivity contribution >= 4 is 23.1 Å². The number of fused-ring (bicyclic) bond motifs is 1. The minimum atomic E-state index is -1.00. The first-order valence-electron chi connectivity index (χ1n) is 8.73. The molecule has 26 heavy (non-hydrogen) atoms. The molecule has 7 heteroatoms. The summed E-state index contributed by atoms with van der Waals surface area (Å²) < 4.78 is 2.01. The molecule has 3 aromatic rings. The first-order chi connectivity index (χ1) is 12.6. The molecule has 0 amide bonds. The molecule has 1 aliphatic rings. The van der Waals surface area contributed by atoms with Crippen molar-refractivity contribution in [2.75, 3.05) is 18.0 Å². The molecule has 0 aliphatic carbocycles. The fourth-order valence-electron chi connectivity index (χ4n) is 3.69. The number of nitrogens with zero attached hydrogens (tertiary/aromatic N) is 4. The summed E-state index contributed by atoms with van der Waals surface area (Å²) in [6, 6.07) is 11.9. The molecule has 1 aliphatic heterocycles. The van der Waals surface area contributed by atoms with Crippen LogP contribution >= 0.6 is 0 Å². The number of rotatable bonds is 4. The van der Waals surface area contributed by atoms with Gasteiger partial charge in [0.1, 0.15) is 5.52 Å². The van der Waals surface area contributed by atoms with Crippen molar-refractivity contribution in [1.29, 1.82) is 0 Å². The normalized spacial score (nSPS) is 20.0. The summed E-state index contributed by atoms with van der Waals surface area (Å²) in [5, 5.41) is 9.18. The lowest BCUT2D eigenvalue weighted by molar-refractivity contribution is 0.0696. The molecule has 134 valence electrons. The van der Waals surface area contributed by atoms with Crippen LogP contribution in [0.2, 0.25) is 0 Å². The number of anilines is 1. The molecule has 1 fully saturated rings. The van der Waals surface area contributed by atoms with Gasteiger partial charge in [0.25, 0.3) is 0 Å². The fourth-order valence-corrected chi connectivity index (χ4v) is 3.69. The minimum absolute atomic E-state index is 0.0186. The molecule has 3 heterocycles. The van der Waals surface area contributed by atoms with Crippen LogP contribution in [0.5, 0.6) is 0 Å². The number of aromatic nitrogens is 3. The molecular formula is C19H21N5O2. The second-order valence-corrected chi connectivity index (χ2v) is 6.61. The van der Waals surface area contributed by atoms with Gasteiger partial charge >= 0.3 is 5.97 Å². The largest absolute Gasteiger partial charge is 0.478 e. The van der Waals surface area contributed by atoms with E-state index in [9.17, 15) is 9.90 Å². The van der Waals surface area contributed by atoms with Gasteiger partial charge in [-0.25, -0.2) is 14.8 Å². The second-order valence-electron chi connectivity index (χ2n) is 6.61. The highest BCUT2D eigenvalue weighted by atomic mass is 16.4. The lowest BCUT2D eigenvalue weighted by atomic mass is 9.95. The Morgan fingerprint density at radius 2 is 2.08 bits per heavy atom. The van der Waals surface area contributed by atoms with Crippen molar-refractivity contribution < 1.29 is 9.90 Å². The Balaban J connectivity index is 1.71. The number of benzene rings is 1. The molecule has 0 radical (unpaired) electrons. The zero-order valence-corrected chi connectivity index (χ0v) is 14.5. The fraction of sp³-hybridized carbons (Fsp3) is 0.316. The quantitative estimate of drug-likeness (QED) is 0.747. The number of carboxylic acids is 1. The van der Waals surface area contributed by atoms with Crippen molar-refractivity contribution in [2.45, 2.75) is 25.4 Å². The van der Waals surface area contributed by atoms with E-state index in [0.717, 1.165) is 12.5 Å². The maximum Gasteiger partial charge on any atom is 0.337 e. The number of hydrogen-bond donors (Lipinski definition) is 2. The Morgan fingerprint density at radius 3 is 2.77 bits per heavy atom. The van der Waals surface area contributed by atoms with E-state index >= 15 is 0 Å². The van der Waals surface area contributed by atoms with Gasteiger partial charge in [-0.15, -0.1) is 0 Å². The number of aryl methyl sites for hydroxylation is 1. The van der Waals surface area contributed by atoms with Gasteiger partial charge in [-0.05, 0) is 18.6 Å². The van der Waals surface area contributed by atoms with Crippen LogP contribution in [-0.4, -0.2) is 44.7 Å². The predicted octanol–water partition coefficient (Wildman–Crippen LogP) is 2.08. The van der Waals surface area contributed by atoms with E-state index in [0.29, 0.717) is 24.3 Å². The van der Waals surface area contributed by atoms with Crippen molar-refractivity contribution in [3.05, 3.63) is 53.7 Å². The third-order valence-electron chi connectivity index (χ3n) is 5.00. The Morgan fingerprint density at radius 1 is 1.31 bits per heavy atom. The number of hydrogen-bond acceptors (Lipinski definition) is 5. The highest BCUT2D eigenvalue weighted by Crippen LogP contribution is 2.31. The van der Waals surface area contributed by atoms with E-state index in [1.54, 1.807) is 6.07 Å². The predicted molar refractivity (Wildman–Crippen MR) is 99.5 cm³/mol. The summed E-state index contributed by atoms with van der Waals surface area (Å²) in [5.74, 6) is 0.0367. The number of carbonyl (C=O) groups is 1. The smallest absolute Gasteiger partial charge is 0.337 e. The van der Waals surface area contributed by atoms with E-state index in [1.165, 1.54) is 11.8 Å². The zero-order chi connectivity index (χ0) is 18.3. The minimum Gasteiger partial charge on any atom is -0.478 e. The van der Waals surface area contributed by atoms with Crippen LogP contribution < -0.4 is 10.6 Å². The Kier molecular flexibility index (Phi) is 4.08. The van der Waals surface area contributed by atoms with E-state index in [-0.39, 0.29) is 17.5 Å². The molecule has 0 unspecified atom stereocenters. The van der Waals surface area contributed by atoms with E-state index in [2.05, 4.69) is 27.0 Å². The van der Waals surface area contributed by atoms with Crippen molar-refractivity contribution in [3.63, 3.8) is 0 Å². The molecule has 0 spiro atoms. The maximum absolute atomic E-state index is 11.2. The number of pyridine rings is 1. The number of carboxylic acid groups (broad SMARTS) is 1. The van der Waals surface area contributed by atoms with Crippen molar-refractivity contribution in [1.82, 2.24) is 14.5 Å². The number of nitrogens with two attached hydrogens (primary N) is 1. The third kappa shape index (κ3) is 2.70. The van der Waals surface area contributed by atoms with Gasteiger partial charge < -0.3 is 15.7 Å². The van der Waals surface area contributed by atoms with Gasteiger partial charge in [0.15, 0.2) is 5.65 Å². The van der Waals surface area contributed by atoms with Gasteiger partial charge in [-0.1, -0.05) is 30.3 Å². The Hall–Kier alpha value is -2.93. The summed E-state index contributed by atoms with van der Waals surface area (Å²) >= 11 is 0. The average Bonchev–Trinajstić information content (AvgIpc) is 3.21. The number of imidazole rings is 1. The van der Waals surface area contributed by atoms with Gasteiger partial charge in [0.05, 0.1) is 5.56 Å². The molecule has 2 aromatic heterocycles. The standard InChI is InChI=1S/C19H21N5O2/c1-2-24-17-16(8-13(9-21-17)18(25)26)22-19(24)23-10-14(15(20)11-23)12-6-4-3-5-7-12/h3-9,14-15H,2,10-11,20H2,1H3,(H,25,26)/t14-,15+/m1/s1. The summed E-state index contributed by atoms with van der Waals surface area (Å²) in [4.78, 5) is 22.4. The van der Waals surface area contributed by atoms with Gasteiger partial charge in [0, 0.05) is 37.8 Å². The number of aromatic carboxylic acids is 1.